The van der Waals surface area contributed by atoms with E-state index in [1.807, 2.05) is 18.2 Å². The van der Waals surface area contributed by atoms with Gasteiger partial charge in [0.05, 0.1) is 18.3 Å². The van der Waals surface area contributed by atoms with Crippen molar-refractivity contribution in [1.29, 1.82) is 0 Å². The monoisotopic (exact) mass is 350 g/mol. The van der Waals surface area contributed by atoms with Crippen LogP contribution in [0.25, 0.3) is 21.9 Å². The van der Waals surface area contributed by atoms with Gasteiger partial charge in [-0.1, -0.05) is 30.3 Å². The number of phenols is 1. The minimum absolute atomic E-state index is 0.113. The Kier molecular flexibility index (Phi) is 4.13. The summed E-state index contributed by atoms with van der Waals surface area (Å²) in [6.07, 6.45) is 3.13. The van der Waals surface area contributed by atoms with E-state index in [-0.39, 0.29) is 22.1 Å². The molecular weight excluding hydrogens is 332 g/mol. The summed E-state index contributed by atoms with van der Waals surface area (Å²) in [5.74, 6) is 0.655. The van der Waals surface area contributed by atoms with E-state index < -0.39 is 0 Å². The molecule has 5 nitrogen and oxygen atoms in total. The van der Waals surface area contributed by atoms with Crippen molar-refractivity contribution in [1.82, 2.24) is 0 Å². The van der Waals surface area contributed by atoms with E-state index in [1.54, 1.807) is 13.0 Å². The molecule has 5 heteroatoms. The van der Waals surface area contributed by atoms with Gasteiger partial charge in [0.15, 0.2) is 16.6 Å². The summed E-state index contributed by atoms with van der Waals surface area (Å²) < 4.78 is 17.1. The average molecular weight is 350 g/mol. The van der Waals surface area contributed by atoms with Crippen LogP contribution in [-0.2, 0) is 6.42 Å². The molecule has 0 saturated carbocycles. The number of phenolic OH excluding ortho intramolecular Hbond substituents is 1. The normalized spacial score (nSPS) is 11.3. The Morgan fingerprint density at radius 1 is 1.12 bits per heavy atom. The molecule has 4 rings (SSSR count). The molecule has 2 aromatic carbocycles. The second kappa shape index (κ2) is 6.59. The smallest absolute Gasteiger partial charge is 0.206 e. The Morgan fingerprint density at radius 2 is 1.92 bits per heavy atom. The predicted octanol–water partition coefficient (Wildman–Crippen LogP) is 4.56. The molecule has 1 N–H and O–H groups in total. The maximum atomic E-state index is 12.3. The van der Waals surface area contributed by atoms with Gasteiger partial charge in [0.1, 0.15) is 16.9 Å². The number of aryl methyl sites for hydroxylation is 2. The van der Waals surface area contributed by atoms with Crippen LogP contribution in [0.5, 0.6) is 11.5 Å². The number of fused-ring (bicyclic) bond motifs is 2. The fraction of sp³-hybridized carbons (Fsp3) is 0.190. The Morgan fingerprint density at radius 3 is 2.73 bits per heavy atom. The summed E-state index contributed by atoms with van der Waals surface area (Å²) in [6, 6.07) is 13.1. The first-order valence-electron chi connectivity index (χ1n) is 8.48. The lowest BCUT2D eigenvalue weighted by Gasteiger charge is -2.11. The van der Waals surface area contributed by atoms with Gasteiger partial charge in [-0.05, 0) is 31.4 Å². The maximum Gasteiger partial charge on any atom is 0.206 e. The highest BCUT2D eigenvalue weighted by atomic mass is 16.5. The number of hydrogen-bond donors (Lipinski definition) is 1. The van der Waals surface area contributed by atoms with Gasteiger partial charge in [-0.15, -0.1) is 0 Å². The van der Waals surface area contributed by atoms with Crippen LogP contribution in [0.1, 0.15) is 17.7 Å². The molecule has 0 atom stereocenters. The van der Waals surface area contributed by atoms with Crippen molar-refractivity contribution in [3.05, 3.63) is 70.3 Å². The van der Waals surface area contributed by atoms with E-state index in [1.165, 1.54) is 17.9 Å². The molecule has 0 aliphatic rings. The van der Waals surface area contributed by atoms with Crippen LogP contribution in [0, 0.1) is 6.92 Å². The van der Waals surface area contributed by atoms with Crippen molar-refractivity contribution in [2.24, 2.45) is 0 Å². The van der Waals surface area contributed by atoms with E-state index in [0.717, 1.165) is 12.8 Å². The predicted molar refractivity (Wildman–Crippen MR) is 98.9 cm³/mol. The molecule has 0 saturated heterocycles. The SMILES string of the molecule is Cc1cc(=O)c2c(O)c3ccoc3c(OCCCc3ccccc3)c2o1. The minimum Gasteiger partial charge on any atom is -0.506 e. The third-order valence-corrected chi connectivity index (χ3v) is 4.34. The van der Waals surface area contributed by atoms with Crippen molar-refractivity contribution < 1.29 is 18.7 Å². The molecule has 0 bridgehead atoms. The van der Waals surface area contributed by atoms with Crippen LogP contribution < -0.4 is 10.2 Å². The number of furan rings is 1. The fourth-order valence-electron chi connectivity index (χ4n) is 3.13. The van der Waals surface area contributed by atoms with E-state index in [4.69, 9.17) is 13.6 Å². The van der Waals surface area contributed by atoms with Crippen molar-refractivity contribution in [2.75, 3.05) is 6.61 Å². The van der Waals surface area contributed by atoms with Crippen LogP contribution in [0.4, 0.5) is 0 Å². The van der Waals surface area contributed by atoms with Crippen molar-refractivity contribution in [2.45, 2.75) is 19.8 Å². The largest absolute Gasteiger partial charge is 0.506 e. The highest BCUT2D eigenvalue weighted by Crippen LogP contribution is 2.41. The van der Waals surface area contributed by atoms with E-state index >= 15 is 0 Å². The van der Waals surface area contributed by atoms with Crippen LogP contribution in [0.15, 0.2) is 62.4 Å². The van der Waals surface area contributed by atoms with E-state index in [2.05, 4.69) is 12.1 Å². The Bertz CT molecular complexity index is 1120. The number of ether oxygens (including phenoxy) is 1. The zero-order valence-electron chi connectivity index (χ0n) is 14.3. The second-order valence-electron chi connectivity index (χ2n) is 6.20. The molecule has 2 aromatic heterocycles. The zero-order chi connectivity index (χ0) is 18.1. The van der Waals surface area contributed by atoms with Crippen LogP contribution in [0.2, 0.25) is 0 Å². The standard InChI is InChI=1S/C21H18O5/c1-13-12-16(22)17-18(23)15-9-11-25-19(15)21(20(17)26-13)24-10-5-8-14-6-3-2-4-7-14/h2-4,6-7,9,11-12,23H,5,8,10H2,1H3. The topological polar surface area (TPSA) is 72.8 Å². The molecule has 2 heterocycles. The lowest BCUT2D eigenvalue weighted by atomic mass is 10.1. The molecule has 0 amide bonds. The van der Waals surface area contributed by atoms with Gasteiger partial charge >= 0.3 is 0 Å². The fourth-order valence-corrected chi connectivity index (χ4v) is 3.13. The van der Waals surface area contributed by atoms with Gasteiger partial charge in [-0.2, -0.15) is 0 Å². The molecule has 0 radical (unpaired) electrons. The molecule has 0 unspecified atom stereocenters. The summed E-state index contributed by atoms with van der Waals surface area (Å²) in [6.45, 7) is 2.12. The second-order valence-corrected chi connectivity index (χ2v) is 6.20. The van der Waals surface area contributed by atoms with E-state index in [0.29, 0.717) is 29.1 Å². The zero-order valence-corrected chi connectivity index (χ0v) is 14.3. The molecule has 0 aliphatic heterocycles. The average Bonchev–Trinajstić information content (AvgIpc) is 3.11. The third kappa shape index (κ3) is 2.81. The quantitative estimate of drug-likeness (QED) is 0.534. The van der Waals surface area contributed by atoms with Crippen molar-refractivity contribution in [3.8, 4) is 11.5 Å². The first-order chi connectivity index (χ1) is 12.6. The highest BCUT2D eigenvalue weighted by molar-refractivity contribution is 6.06. The number of benzene rings is 2. The lowest BCUT2D eigenvalue weighted by Crippen LogP contribution is -2.05. The minimum atomic E-state index is -0.307. The lowest BCUT2D eigenvalue weighted by molar-refractivity contribution is 0.308. The first kappa shape index (κ1) is 16.3. The van der Waals surface area contributed by atoms with E-state index in [9.17, 15) is 9.90 Å². The van der Waals surface area contributed by atoms with Crippen LogP contribution >= 0.6 is 0 Å². The summed E-state index contributed by atoms with van der Waals surface area (Å²) in [5.41, 5.74) is 1.52. The Balaban J connectivity index is 1.69. The molecule has 0 spiro atoms. The van der Waals surface area contributed by atoms with Gasteiger partial charge < -0.3 is 18.7 Å². The van der Waals surface area contributed by atoms with Gasteiger partial charge in [0, 0.05) is 6.07 Å². The van der Waals surface area contributed by atoms with Crippen molar-refractivity contribution in [3.63, 3.8) is 0 Å². The van der Waals surface area contributed by atoms with Gasteiger partial charge in [-0.3, -0.25) is 4.79 Å². The summed E-state index contributed by atoms with van der Waals surface area (Å²) in [4.78, 5) is 12.3. The number of aromatic hydroxyl groups is 1. The van der Waals surface area contributed by atoms with Crippen LogP contribution in [0.3, 0.4) is 0 Å². The molecule has 4 aromatic rings. The third-order valence-electron chi connectivity index (χ3n) is 4.34. The molecular formula is C21H18O5. The van der Waals surface area contributed by atoms with Crippen LogP contribution in [-0.4, -0.2) is 11.7 Å². The molecule has 0 fully saturated rings. The Hall–Kier alpha value is -3.21. The molecule has 26 heavy (non-hydrogen) atoms. The maximum absolute atomic E-state index is 12.3. The Labute approximate surface area is 149 Å². The summed E-state index contributed by atoms with van der Waals surface area (Å²) in [5, 5.41) is 11.0. The number of hydrogen-bond acceptors (Lipinski definition) is 5. The number of rotatable bonds is 5. The van der Waals surface area contributed by atoms with Gasteiger partial charge in [-0.25, -0.2) is 0 Å². The van der Waals surface area contributed by atoms with Crippen molar-refractivity contribution >= 4 is 21.9 Å². The first-order valence-corrected chi connectivity index (χ1v) is 8.48. The van der Waals surface area contributed by atoms with Gasteiger partial charge in [0.25, 0.3) is 0 Å². The molecule has 0 aliphatic carbocycles. The molecule has 132 valence electrons. The highest BCUT2D eigenvalue weighted by Gasteiger charge is 2.21. The summed E-state index contributed by atoms with van der Waals surface area (Å²) in [7, 11) is 0. The summed E-state index contributed by atoms with van der Waals surface area (Å²) >= 11 is 0. The van der Waals surface area contributed by atoms with Gasteiger partial charge in [0.2, 0.25) is 5.75 Å².